The topological polar surface area (TPSA) is 46.2 Å². The number of nitrogens with one attached hydrogen (secondary N) is 1. The molecule has 2 fully saturated rings. The SMILES string of the molecule is CC1C2CC(CNS(C)(=O)=O)C(C2)C1C. The molecule has 2 rings (SSSR count). The largest absolute Gasteiger partial charge is 0.215 e. The number of rotatable bonds is 3. The van der Waals surface area contributed by atoms with Crippen LogP contribution in [0.2, 0.25) is 0 Å². The molecule has 5 unspecified atom stereocenters. The molecule has 0 amide bonds. The molecule has 88 valence electrons. The third-order valence-electron chi connectivity index (χ3n) is 4.64. The van der Waals surface area contributed by atoms with Gasteiger partial charge in [-0.1, -0.05) is 13.8 Å². The van der Waals surface area contributed by atoms with Crippen molar-refractivity contribution in [3.05, 3.63) is 0 Å². The number of sulfonamides is 1. The van der Waals surface area contributed by atoms with Gasteiger partial charge in [0.2, 0.25) is 10.0 Å². The van der Waals surface area contributed by atoms with Gasteiger partial charge >= 0.3 is 0 Å². The molecule has 0 aromatic rings. The van der Waals surface area contributed by atoms with Gasteiger partial charge in [0, 0.05) is 6.54 Å². The smallest absolute Gasteiger partial charge is 0.208 e. The van der Waals surface area contributed by atoms with Crippen LogP contribution in [-0.4, -0.2) is 21.2 Å². The lowest BCUT2D eigenvalue weighted by molar-refractivity contribution is 0.191. The summed E-state index contributed by atoms with van der Waals surface area (Å²) in [5, 5.41) is 0. The molecule has 5 atom stereocenters. The quantitative estimate of drug-likeness (QED) is 0.799. The first-order valence-electron chi connectivity index (χ1n) is 5.83. The van der Waals surface area contributed by atoms with E-state index in [0.29, 0.717) is 12.5 Å². The van der Waals surface area contributed by atoms with Gasteiger partial charge in [-0.25, -0.2) is 13.1 Å². The minimum absolute atomic E-state index is 0.580. The molecule has 0 heterocycles. The average Bonchev–Trinajstić information content (AvgIpc) is 2.63. The lowest BCUT2D eigenvalue weighted by atomic mass is 9.76. The standard InChI is InChI=1S/C11H21NO2S/c1-7-8(2)11-5-9(7)4-10(11)6-12-15(3,13)14/h7-12H,4-6H2,1-3H3. The van der Waals surface area contributed by atoms with Gasteiger partial charge in [0.15, 0.2) is 0 Å². The fraction of sp³-hybridized carbons (Fsp3) is 1.00. The maximum atomic E-state index is 11.0. The Morgan fingerprint density at radius 1 is 1.20 bits per heavy atom. The van der Waals surface area contributed by atoms with Crippen LogP contribution in [0.3, 0.4) is 0 Å². The molecule has 1 N–H and O–H groups in total. The number of hydrogen-bond donors (Lipinski definition) is 1. The Balaban J connectivity index is 1.93. The summed E-state index contributed by atoms with van der Waals surface area (Å²) < 4.78 is 24.7. The lowest BCUT2D eigenvalue weighted by Gasteiger charge is -2.31. The molecular formula is C11H21NO2S. The van der Waals surface area contributed by atoms with E-state index >= 15 is 0 Å². The van der Waals surface area contributed by atoms with E-state index in [4.69, 9.17) is 0 Å². The molecule has 4 heteroatoms. The molecule has 0 aliphatic heterocycles. The lowest BCUT2D eigenvalue weighted by Crippen LogP contribution is -2.34. The number of hydrogen-bond acceptors (Lipinski definition) is 2. The average molecular weight is 231 g/mol. The predicted molar refractivity (Wildman–Crippen MR) is 60.9 cm³/mol. The van der Waals surface area contributed by atoms with E-state index in [9.17, 15) is 8.42 Å². The van der Waals surface area contributed by atoms with Crippen LogP contribution in [0.25, 0.3) is 0 Å². The minimum atomic E-state index is -3.01. The van der Waals surface area contributed by atoms with Gasteiger partial charge in [-0.05, 0) is 42.4 Å². The first-order chi connectivity index (χ1) is 6.88. The van der Waals surface area contributed by atoms with E-state index in [1.165, 1.54) is 19.1 Å². The maximum Gasteiger partial charge on any atom is 0.208 e. The van der Waals surface area contributed by atoms with Gasteiger partial charge in [-0.2, -0.15) is 0 Å². The van der Waals surface area contributed by atoms with Crippen LogP contribution in [0, 0.1) is 29.6 Å². The van der Waals surface area contributed by atoms with Crippen LogP contribution >= 0.6 is 0 Å². The summed E-state index contributed by atoms with van der Waals surface area (Å²) in [6.45, 7) is 5.31. The fourth-order valence-corrected chi connectivity index (χ4v) is 4.10. The van der Waals surface area contributed by atoms with Gasteiger partial charge in [-0.3, -0.25) is 0 Å². The molecule has 2 bridgehead atoms. The van der Waals surface area contributed by atoms with Crippen molar-refractivity contribution in [3.63, 3.8) is 0 Å². The summed E-state index contributed by atoms with van der Waals surface area (Å²) >= 11 is 0. The van der Waals surface area contributed by atoms with Crippen LogP contribution in [0.5, 0.6) is 0 Å². The molecule has 2 aliphatic rings. The normalized spacial score (nSPS) is 44.9. The van der Waals surface area contributed by atoms with E-state index in [2.05, 4.69) is 18.6 Å². The van der Waals surface area contributed by atoms with Crippen LogP contribution in [0.1, 0.15) is 26.7 Å². The zero-order valence-electron chi connectivity index (χ0n) is 9.73. The molecule has 0 radical (unpaired) electrons. The summed E-state index contributed by atoms with van der Waals surface area (Å²) in [5.74, 6) is 3.78. The molecule has 2 aliphatic carbocycles. The second-order valence-corrected chi connectivity index (χ2v) is 7.33. The van der Waals surface area contributed by atoms with Crippen molar-refractivity contribution < 1.29 is 8.42 Å². The molecular weight excluding hydrogens is 210 g/mol. The van der Waals surface area contributed by atoms with Gasteiger partial charge < -0.3 is 0 Å². The number of fused-ring (bicyclic) bond motifs is 2. The highest BCUT2D eigenvalue weighted by Gasteiger charge is 2.48. The molecule has 15 heavy (non-hydrogen) atoms. The molecule has 0 saturated heterocycles. The van der Waals surface area contributed by atoms with Crippen molar-refractivity contribution in [3.8, 4) is 0 Å². The third-order valence-corrected chi connectivity index (χ3v) is 5.33. The van der Waals surface area contributed by atoms with Crippen molar-refractivity contribution in [2.75, 3.05) is 12.8 Å². The Kier molecular flexibility index (Phi) is 2.84. The molecule has 0 aromatic heterocycles. The first kappa shape index (κ1) is 11.4. The van der Waals surface area contributed by atoms with Crippen molar-refractivity contribution >= 4 is 10.0 Å². The van der Waals surface area contributed by atoms with E-state index in [-0.39, 0.29) is 0 Å². The summed E-state index contributed by atoms with van der Waals surface area (Å²) in [6.07, 6.45) is 3.78. The Morgan fingerprint density at radius 2 is 1.87 bits per heavy atom. The highest BCUT2D eigenvalue weighted by molar-refractivity contribution is 7.88. The Morgan fingerprint density at radius 3 is 2.33 bits per heavy atom. The predicted octanol–water partition coefficient (Wildman–Crippen LogP) is 1.46. The maximum absolute atomic E-state index is 11.0. The Hall–Kier alpha value is -0.0900. The second-order valence-electron chi connectivity index (χ2n) is 5.49. The monoisotopic (exact) mass is 231 g/mol. The van der Waals surface area contributed by atoms with Crippen molar-refractivity contribution in [1.29, 1.82) is 0 Å². The van der Waals surface area contributed by atoms with Gasteiger partial charge in [0.05, 0.1) is 6.26 Å². The van der Waals surface area contributed by atoms with E-state index in [1.807, 2.05) is 0 Å². The summed E-state index contributed by atoms with van der Waals surface area (Å²) in [6, 6.07) is 0. The molecule has 0 spiro atoms. The van der Waals surface area contributed by atoms with Gasteiger partial charge in [0.1, 0.15) is 0 Å². The van der Waals surface area contributed by atoms with Crippen molar-refractivity contribution in [2.24, 2.45) is 29.6 Å². The van der Waals surface area contributed by atoms with E-state index in [0.717, 1.165) is 23.7 Å². The molecule has 3 nitrogen and oxygen atoms in total. The third kappa shape index (κ3) is 2.21. The first-order valence-corrected chi connectivity index (χ1v) is 7.72. The van der Waals surface area contributed by atoms with E-state index < -0.39 is 10.0 Å². The van der Waals surface area contributed by atoms with E-state index in [1.54, 1.807) is 0 Å². The van der Waals surface area contributed by atoms with Crippen molar-refractivity contribution in [2.45, 2.75) is 26.7 Å². The van der Waals surface area contributed by atoms with Crippen LogP contribution < -0.4 is 4.72 Å². The van der Waals surface area contributed by atoms with Crippen molar-refractivity contribution in [1.82, 2.24) is 4.72 Å². The molecule has 0 aromatic carbocycles. The zero-order valence-corrected chi connectivity index (χ0v) is 10.5. The fourth-order valence-electron chi connectivity index (χ4n) is 3.59. The Bertz CT molecular complexity index is 336. The minimum Gasteiger partial charge on any atom is -0.215 e. The summed E-state index contributed by atoms with van der Waals surface area (Å²) in [4.78, 5) is 0. The second kappa shape index (κ2) is 3.74. The highest BCUT2D eigenvalue weighted by Crippen LogP contribution is 2.54. The van der Waals surface area contributed by atoms with Gasteiger partial charge in [-0.15, -0.1) is 0 Å². The summed E-state index contributed by atoms with van der Waals surface area (Å²) in [5.41, 5.74) is 0. The van der Waals surface area contributed by atoms with Crippen LogP contribution in [0.4, 0.5) is 0 Å². The van der Waals surface area contributed by atoms with Crippen LogP contribution in [0.15, 0.2) is 0 Å². The summed E-state index contributed by atoms with van der Waals surface area (Å²) in [7, 11) is -3.01. The zero-order chi connectivity index (χ0) is 11.2. The Labute approximate surface area is 92.7 Å². The van der Waals surface area contributed by atoms with Gasteiger partial charge in [0.25, 0.3) is 0 Å². The molecule has 2 saturated carbocycles. The highest BCUT2D eigenvalue weighted by atomic mass is 32.2. The van der Waals surface area contributed by atoms with Crippen LogP contribution in [-0.2, 0) is 10.0 Å².